The van der Waals surface area contributed by atoms with E-state index in [9.17, 15) is 0 Å². The molecule has 172 valence electrons. The molecule has 0 aliphatic carbocycles. The Kier molecular flexibility index (Phi) is 11.2. The summed E-state index contributed by atoms with van der Waals surface area (Å²) in [6.45, 7) is 10.2. The Bertz CT molecular complexity index is 917. The summed E-state index contributed by atoms with van der Waals surface area (Å²) in [5, 5.41) is 3.36. The van der Waals surface area contributed by atoms with E-state index in [0.29, 0.717) is 13.3 Å². The first-order valence-corrected chi connectivity index (χ1v) is 11.2. The number of benzene rings is 3. The Balaban J connectivity index is 0.00000272. The second-order valence-electron chi connectivity index (χ2n) is 7.68. The molecule has 0 saturated carbocycles. The molecule has 0 bridgehead atoms. The summed E-state index contributed by atoms with van der Waals surface area (Å²) in [5.41, 5.74) is 6.10. The average Bonchev–Trinajstić information content (AvgIpc) is 2.83. The molecular formula is C28H38N2O2. The molecule has 32 heavy (non-hydrogen) atoms. The molecule has 0 aliphatic heterocycles. The van der Waals surface area contributed by atoms with Crippen molar-refractivity contribution < 1.29 is 11.6 Å². The molecule has 0 heterocycles. The zero-order valence-electron chi connectivity index (χ0n) is 19.1. The summed E-state index contributed by atoms with van der Waals surface area (Å²) < 4.78 is 5.92. The lowest BCUT2D eigenvalue weighted by Crippen LogP contribution is -2.24. The maximum atomic E-state index is 5.92. The number of hydrogen-bond donors (Lipinski definition) is 1. The van der Waals surface area contributed by atoms with Crippen molar-refractivity contribution in [3.05, 3.63) is 103 Å². The highest BCUT2D eigenvalue weighted by Gasteiger charge is 2.04. The van der Waals surface area contributed by atoms with Crippen molar-refractivity contribution in [2.45, 2.75) is 26.4 Å². The molecule has 0 aliphatic rings. The highest BCUT2D eigenvalue weighted by Crippen LogP contribution is 2.24. The van der Waals surface area contributed by atoms with Crippen molar-refractivity contribution in [3.8, 4) is 11.1 Å². The van der Waals surface area contributed by atoms with Crippen molar-refractivity contribution in [2.75, 3.05) is 31.7 Å². The van der Waals surface area contributed by atoms with E-state index < -0.39 is 0 Å². The fourth-order valence-corrected chi connectivity index (χ4v) is 3.70. The van der Waals surface area contributed by atoms with Crippen LogP contribution in [0.2, 0.25) is 0 Å². The van der Waals surface area contributed by atoms with Crippen molar-refractivity contribution in [1.29, 1.82) is 0 Å². The van der Waals surface area contributed by atoms with Crippen molar-refractivity contribution in [1.82, 2.24) is 4.90 Å². The van der Waals surface area contributed by atoms with Gasteiger partial charge in [-0.3, -0.25) is 4.90 Å². The van der Waals surface area contributed by atoms with Crippen LogP contribution in [0.4, 0.5) is 5.69 Å². The van der Waals surface area contributed by atoms with Gasteiger partial charge < -0.3 is 15.5 Å². The van der Waals surface area contributed by atoms with Gasteiger partial charge in [-0.1, -0.05) is 79.7 Å². The first-order chi connectivity index (χ1) is 15.3. The number of hydrogen-bond acceptors (Lipinski definition) is 3. The van der Waals surface area contributed by atoms with Crippen LogP contribution in [-0.4, -0.2) is 36.7 Å². The monoisotopic (exact) mass is 434 g/mol. The molecule has 0 spiro atoms. The number of anilines is 1. The second-order valence-corrected chi connectivity index (χ2v) is 7.68. The largest absolute Gasteiger partial charge is 0.412 e. The number of nitrogens with one attached hydrogen (secondary N) is 1. The molecule has 0 atom stereocenters. The van der Waals surface area contributed by atoms with Gasteiger partial charge >= 0.3 is 0 Å². The van der Waals surface area contributed by atoms with Crippen molar-refractivity contribution >= 4 is 5.69 Å². The number of rotatable bonds is 13. The topological polar surface area (TPSA) is 56.0 Å². The average molecular weight is 435 g/mol. The van der Waals surface area contributed by atoms with Gasteiger partial charge in [0.25, 0.3) is 0 Å². The van der Waals surface area contributed by atoms with Gasteiger partial charge in [0.05, 0.1) is 6.61 Å². The quantitative estimate of drug-likeness (QED) is 0.210. The Morgan fingerprint density at radius 2 is 1.69 bits per heavy atom. The highest BCUT2D eigenvalue weighted by atomic mass is 16.5. The third kappa shape index (κ3) is 7.97. The Hall–Kier alpha value is -2.92. The van der Waals surface area contributed by atoms with Gasteiger partial charge in [0.1, 0.15) is 6.73 Å². The molecule has 4 nitrogen and oxygen atoms in total. The predicted octanol–water partition coefficient (Wildman–Crippen LogP) is 5.80. The molecule has 0 saturated heterocycles. The lowest BCUT2D eigenvalue weighted by atomic mass is 10.0. The van der Waals surface area contributed by atoms with Crippen LogP contribution in [0.25, 0.3) is 11.1 Å². The molecule has 3 aromatic rings. The van der Waals surface area contributed by atoms with E-state index in [0.717, 1.165) is 31.7 Å². The molecule has 0 aromatic heterocycles. The molecule has 3 rings (SSSR count). The molecule has 3 aromatic carbocycles. The molecule has 0 fully saturated rings. The lowest BCUT2D eigenvalue weighted by Gasteiger charge is -2.18. The number of likely N-dealkylation sites (N-methyl/N-ethyl adjacent to an activating group) is 1. The maximum Gasteiger partial charge on any atom is 0.116 e. The van der Waals surface area contributed by atoms with E-state index in [1.54, 1.807) is 0 Å². The summed E-state index contributed by atoms with van der Waals surface area (Å²) in [5.74, 6) is 0. The minimum Gasteiger partial charge on any atom is -0.412 e. The molecule has 4 heteroatoms. The van der Waals surface area contributed by atoms with Gasteiger partial charge in [-0.2, -0.15) is 0 Å². The van der Waals surface area contributed by atoms with E-state index >= 15 is 0 Å². The van der Waals surface area contributed by atoms with Crippen molar-refractivity contribution in [3.63, 3.8) is 0 Å². The standard InChI is InChI=1S/C28H34N2O.H2O.H2/c1-3-20-30(4-2)21-10-11-24-16-18-27(19-17-24)29-23-31-22-26-14-8-9-15-28(26)25-12-6-5-7-13-25;;/h3,5-9,12-19,29H,1,4,10-11,20-23H2,2H3;1H2;1H. The van der Waals surface area contributed by atoms with Crippen LogP contribution in [0.5, 0.6) is 0 Å². The summed E-state index contributed by atoms with van der Waals surface area (Å²) in [6, 6.07) is 27.6. The smallest absolute Gasteiger partial charge is 0.116 e. The van der Waals surface area contributed by atoms with E-state index in [1.165, 1.54) is 28.7 Å². The van der Waals surface area contributed by atoms with Crippen LogP contribution in [0.3, 0.4) is 0 Å². The third-order valence-electron chi connectivity index (χ3n) is 5.47. The minimum atomic E-state index is 0. The van der Waals surface area contributed by atoms with Gasteiger partial charge in [-0.25, -0.2) is 0 Å². The molecule has 0 radical (unpaired) electrons. The highest BCUT2D eigenvalue weighted by molar-refractivity contribution is 5.67. The van der Waals surface area contributed by atoms with Crippen LogP contribution in [0.15, 0.2) is 91.5 Å². The summed E-state index contributed by atoms with van der Waals surface area (Å²) in [6.07, 6.45) is 4.24. The summed E-state index contributed by atoms with van der Waals surface area (Å²) >= 11 is 0. The van der Waals surface area contributed by atoms with Gasteiger partial charge in [-0.15, -0.1) is 6.58 Å². The number of nitrogens with zero attached hydrogens (tertiary/aromatic N) is 1. The molecular weight excluding hydrogens is 396 g/mol. The van der Waals surface area contributed by atoms with E-state index in [1.807, 2.05) is 12.1 Å². The maximum absolute atomic E-state index is 5.92. The van der Waals surface area contributed by atoms with Gasteiger partial charge in [-0.05, 0) is 60.3 Å². The number of ether oxygens (including phenoxy) is 1. The third-order valence-corrected chi connectivity index (χ3v) is 5.47. The summed E-state index contributed by atoms with van der Waals surface area (Å²) in [4.78, 5) is 2.41. The van der Waals surface area contributed by atoms with Crippen molar-refractivity contribution in [2.24, 2.45) is 0 Å². The van der Waals surface area contributed by atoms with Crippen LogP contribution < -0.4 is 5.32 Å². The minimum absolute atomic E-state index is 0. The first kappa shape index (κ1) is 25.3. The predicted molar refractivity (Wildman–Crippen MR) is 138 cm³/mol. The lowest BCUT2D eigenvalue weighted by molar-refractivity contribution is 0.139. The SMILES string of the molecule is C=CCN(CC)CCCc1ccc(NCOCc2ccccc2-c2ccccc2)cc1.O.[HH]. The molecule has 3 N–H and O–H groups in total. The molecule has 0 unspecified atom stereocenters. The summed E-state index contributed by atoms with van der Waals surface area (Å²) in [7, 11) is 0. The Labute approximate surface area is 194 Å². The number of aryl methyl sites for hydroxylation is 1. The van der Waals surface area contributed by atoms with Crippen LogP contribution in [0, 0.1) is 0 Å². The fourth-order valence-electron chi connectivity index (χ4n) is 3.70. The zero-order chi connectivity index (χ0) is 21.7. The van der Waals surface area contributed by atoms with Gasteiger partial charge in [0.15, 0.2) is 0 Å². The first-order valence-electron chi connectivity index (χ1n) is 11.2. The Morgan fingerprint density at radius 1 is 0.969 bits per heavy atom. The molecule has 0 amide bonds. The van der Waals surface area contributed by atoms with Crippen LogP contribution >= 0.6 is 0 Å². The normalized spacial score (nSPS) is 10.6. The van der Waals surface area contributed by atoms with E-state index in [-0.39, 0.29) is 6.90 Å². The van der Waals surface area contributed by atoms with E-state index in [2.05, 4.69) is 96.5 Å². The van der Waals surface area contributed by atoms with Crippen LogP contribution in [-0.2, 0) is 17.8 Å². The zero-order valence-corrected chi connectivity index (χ0v) is 19.1. The fraction of sp³-hybridized carbons (Fsp3) is 0.286. The van der Waals surface area contributed by atoms with Crippen LogP contribution in [0.1, 0.15) is 25.9 Å². The Morgan fingerprint density at radius 3 is 2.41 bits per heavy atom. The van der Waals surface area contributed by atoms with Gasteiger partial charge in [0.2, 0.25) is 0 Å². The van der Waals surface area contributed by atoms with E-state index in [4.69, 9.17) is 4.74 Å². The van der Waals surface area contributed by atoms with Gasteiger partial charge in [0, 0.05) is 13.7 Å². The second kappa shape index (κ2) is 14.2.